The number of sulfone groups is 1. The van der Waals surface area contributed by atoms with Crippen molar-refractivity contribution in [1.82, 2.24) is 4.98 Å². The summed E-state index contributed by atoms with van der Waals surface area (Å²) in [4.78, 5) is 4.90. The summed E-state index contributed by atoms with van der Waals surface area (Å²) in [5.74, 6) is 0. The number of thiazole rings is 1. The van der Waals surface area contributed by atoms with E-state index in [1.165, 1.54) is 17.6 Å². The normalized spacial score (nSPS) is 11.5. The quantitative estimate of drug-likeness (QED) is 0.746. The summed E-state index contributed by atoms with van der Waals surface area (Å²) in [7, 11) is -3.18. The first-order valence-corrected chi connectivity index (χ1v) is 9.33. The van der Waals surface area contributed by atoms with Crippen molar-refractivity contribution in [3.63, 3.8) is 0 Å². The molecular weight excluding hydrogens is 316 g/mol. The molecule has 0 bridgehead atoms. The van der Waals surface area contributed by atoms with Gasteiger partial charge in [-0.2, -0.15) is 0 Å². The average molecular weight is 330 g/mol. The van der Waals surface area contributed by atoms with Crippen molar-refractivity contribution in [1.29, 1.82) is 0 Å². The SMILES string of the molecule is CS(=O)(=O)c1ccc(-c2csc(-c3ccccc3N)n2)cc1. The Balaban J connectivity index is 1.96. The van der Waals surface area contributed by atoms with Crippen LogP contribution in [0.5, 0.6) is 0 Å². The lowest BCUT2D eigenvalue weighted by Crippen LogP contribution is -1.96. The number of nitrogen functional groups attached to an aromatic ring is 1. The molecule has 0 aliphatic carbocycles. The van der Waals surface area contributed by atoms with E-state index in [-0.39, 0.29) is 0 Å². The maximum Gasteiger partial charge on any atom is 0.175 e. The number of benzene rings is 2. The molecule has 3 rings (SSSR count). The highest BCUT2D eigenvalue weighted by Gasteiger charge is 2.10. The molecule has 4 nitrogen and oxygen atoms in total. The van der Waals surface area contributed by atoms with Crippen LogP contribution in [0.2, 0.25) is 0 Å². The molecule has 0 aliphatic rings. The Morgan fingerprint density at radius 1 is 1.05 bits per heavy atom. The first-order chi connectivity index (χ1) is 10.4. The summed E-state index contributed by atoms with van der Waals surface area (Å²) in [6.45, 7) is 0. The van der Waals surface area contributed by atoms with Gasteiger partial charge in [0.1, 0.15) is 5.01 Å². The second-order valence-corrected chi connectivity index (χ2v) is 7.80. The van der Waals surface area contributed by atoms with Gasteiger partial charge in [-0.3, -0.25) is 0 Å². The Morgan fingerprint density at radius 3 is 2.36 bits per heavy atom. The van der Waals surface area contributed by atoms with E-state index in [0.717, 1.165) is 21.8 Å². The van der Waals surface area contributed by atoms with Gasteiger partial charge in [0.15, 0.2) is 9.84 Å². The molecule has 112 valence electrons. The van der Waals surface area contributed by atoms with Crippen molar-refractivity contribution in [2.24, 2.45) is 0 Å². The molecule has 0 spiro atoms. The van der Waals surface area contributed by atoms with Crippen molar-refractivity contribution in [2.45, 2.75) is 4.90 Å². The van der Waals surface area contributed by atoms with E-state index in [4.69, 9.17) is 5.73 Å². The average Bonchev–Trinajstić information content (AvgIpc) is 2.96. The van der Waals surface area contributed by atoms with E-state index in [0.29, 0.717) is 10.6 Å². The Labute approximate surface area is 133 Å². The molecule has 2 N–H and O–H groups in total. The number of aromatic nitrogens is 1. The van der Waals surface area contributed by atoms with Gasteiger partial charge in [-0.05, 0) is 24.3 Å². The molecule has 3 aromatic rings. The molecule has 6 heteroatoms. The summed E-state index contributed by atoms with van der Waals surface area (Å²) in [6.07, 6.45) is 1.20. The zero-order valence-corrected chi connectivity index (χ0v) is 13.5. The topological polar surface area (TPSA) is 73.0 Å². The van der Waals surface area contributed by atoms with Crippen molar-refractivity contribution in [3.05, 3.63) is 53.9 Å². The number of hydrogen-bond acceptors (Lipinski definition) is 5. The summed E-state index contributed by atoms with van der Waals surface area (Å²) >= 11 is 1.51. The zero-order valence-electron chi connectivity index (χ0n) is 11.9. The zero-order chi connectivity index (χ0) is 15.7. The van der Waals surface area contributed by atoms with Gasteiger partial charge < -0.3 is 5.73 Å². The second kappa shape index (κ2) is 5.55. The maximum absolute atomic E-state index is 11.5. The standard InChI is InChI=1S/C16H14N2O2S2/c1-22(19,20)12-8-6-11(7-9-12)15-10-21-16(18-15)13-4-2-3-5-14(13)17/h2-10H,17H2,1H3. The molecule has 0 unspecified atom stereocenters. The van der Waals surface area contributed by atoms with E-state index >= 15 is 0 Å². The number of hydrogen-bond donors (Lipinski definition) is 1. The first-order valence-electron chi connectivity index (χ1n) is 6.56. The molecule has 0 saturated carbocycles. The highest BCUT2D eigenvalue weighted by Crippen LogP contribution is 2.32. The van der Waals surface area contributed by atoms with E-state index in [1.807, 2.05) is 29.6 Å². The van der Waals surface area contributed by atoms with Gasteiger partial charge in [-0.15, -0.1) is 11.3 Å². The third kappa shape index (κ3) is 2.88. The number of para-hydroxylation sites is 1. The van der Waals surface area contributed by atoms with Gasteiger partial charge in [-0.1, -0.05) is 24.3 Å². The van der Waals surface area contributed by atoms with Crippen LogP contribution < -0.4 is 5.73 Å². The molecule has 0 fully saturated rings. The van der Waals surface area contributed by atoms with Crippen molar-refractivity contribution in [2.75, 3.05) is 12.0 Å². The third-order valence-corrected chi connectivity index (χ3v) is 5.28. The lowest BCUT2D eigenvalue weighted by Gasteiger charge is -2.01. The lowest BCUT2D eigenvalue weighted by molar-refractivity contribution is 0.602. The number of rotatable bonds is 3. The first kappa shape index (κ1) is 14.7. The Hall–Kier alpha value is -2.18. The summed E-state index contributed by atoms with van der Waals surface area (Å²) < 4.78 is 23.0. The Bertz CT molecular complexity index is 913. The van der Waals surface area contributed by atoms with E-state index in [9.17, 15) is 8.42 Å². The van der Waals surface area contributed by atoms with Gasteiger partial charge in [0.25, 0.3) is 0 Å². The molecule has 0 aliphatic heterocycles. The smallest absolute Gasteiger partial charge is 0.175 e. The number of nitrogens with two attached hydrogens (primary N) is 1. The van der Waals surface area contributed by atoms with Crippen LogP contribution in [0, 0.1) is 0 Å². The van der Waals surface area contributed by atoms with Crippen molar-refractivity contribution in [3.8, 4) is 21.8 Å². The Morgan fingerprint density at radius 2 is 1.73 bits per heavy atom. The summed E-state index contributed by atoms with van der Waals surface area (Å²) in [5.41, 5.74) is 9.26. The van der Waals surface area contributed by atoms with Gasteiger partial charge in [0.2, 0.25) is 0 Å². The van der Waals surface area contributed by atoms with Gasteiger partial charge in [-0.25, -0.2) is 13.4 Å². The van der Waals surface area contributed by atoms with E-state index < -0.39 is 9.84 Å². The second-order valence-electron chi connectivity index (χ2n) is 4.92. The van der Waals surface area contributed by atoms with Crippen LogP contribution in [0.4, 0.5) is 5.69 Å². The van der Waals surface area contributed by atoms with Crippen LogP contribution in [-0.2, 0) is 9.84 Å². The number of anilines is 1. The minimum atomic E-state index is -3.18. The molecular formula is C16H14N2O2S2. The summed E-state index contributed by atoms with van der Waals surface area (Å²) in [6, 6.07) is 14.3. The van der Waals surface area contributed by atoms with E-state index in [1.54, 1.807) is 24.3 Å². The Kier molecular flexibility index (Phi) is 3.72. The van der Waals surface area contributed by atoms with Crippen LogP contribution in [0.1, 0.15) is 0 Å². The lowest BCUT2D eigenvalue weighted by atomic mass is 10.1. The monoisotopic (exact) mass is 330 g/mol. The molecule has 0 radical (unpaired) electrons. The molecule has 2 aromatic carbocycles. The van der Waals surface area contributed by atoms with E-state index in [2.05, 4.69) is 4.98 Å². The predicted molar refractivity (Wildman–Crippen MR) is 90.5 cm³/mol. The fourth-order valence-electron chi connectivity index (χ4n) is 2.09. The van der Waals surface area contributed by atoms with Crippen molar-refractivity contribution >= 4 is 26.9 Å². The molecule has 0 amide bonds. The van der Waals surface area contributed by atoms with Crippen LogP contribution in [-0.4, -0.2) is 19.7 Å². The van der Waals surface area contributed by atoms with Gasteiger partial charge in [0, 0.05) is 28.5 Å². The predicted octanol–water partition coefficient (Wildman–Crippen LogP) is 3.46. The molecule has 22 heavy (non-hydrogen) atoms. The molecule has 1 aromatic heterocycles. The minimum Gasteiger partial charge on any atom is -0.398 e. The van der Waals surface area contributed by atoms with Crippen LogP contribution >= 0.6 is 11.3 Å². The summed E-state index contributed by atoms with van der Waals surface area (Å²) in [5, 5.41) is 2.79. The van der Waals surface area contributed by atoms with Crippen molar-refractivity contribution < 1.29 is 8.42 Å². The van der Waals surface area contributed by atoms with Gasteiger partial charge >= 0.3 is 0 Å². The minimum absolute atomic E-state index is 0.305. The van der Waals surface area contributed by atoms with Crippen LogP contribution in [0.15, 0.2) is 58.8 Å². The molecule has 1 heterocycles. The fourth-order valence-corrected chi connectivity index (χ4v) is 3.60. The number of nitrogens with zero attached hydrogens (tertiary/aromatic N) is 1. The van der Waals surface area contributed by atoms with Crippen LogP contribution in [0.25, 0.3) is 21.8 Å². The molecule has 0 atom stereocenters. The van der Waals surface area contributed by atoms with Gasteiger partial charge in [0.05, 0.1) is 10.6 Å². The van der Waals surface area contributed by atoms with Crippen LogP contribution in [0.3, 0.4) is 0 Å². The maximum atomic E-state index is 11.5. The highest BCUT2D eigenvalue weighted by atomic mass is 32.2. The fraction of sp³-hybridized carbons (Fsp3) is 0.0625. The largest absolute Gasteiger partial charge is 0.398 e. The highest BCUT2D eigenvalue weighted by molar-refractivity contribution is 7.90. The third-order valence-electron chi connectivity index (χ3n) is 3.27. The molecule has 0 saturated heterocycles.